The quantitative estimate of drug-likeness (QED) is 0.861. The summed E-state index contributed by atoms with van der Waals surface area (Å²) in [4.78, 5) is 14.1. The molecule has 136 valence electrons. The van der Waals surface area contributed by atoms with Crippen LogP contribution in [0.15, 0.2) is 0 Å². The third-order valence-electron chi connectivity index (χ3n) is 6.60. The second-order valence-electron chi connectivity index (χ2n) is 9.30. The zero-order valence-corrected chi connectivity index (χ0v) is 15.3. The number of rotatable bonds is 3. The van der Waals surface area contributed by atoms with Crippen LogP contribution in [0.4, 0.5) is 4.79 Å². The highest BCUT2D eigenvalue weighted by Gasteiger charge is 2.66. The molecule has 4 rings (SSSR count). The lowest BCUT2D eigenvalue weighted by Gasteiger charge is -2.63. The van der Waals surface area contributed by atoms with Crippen LogP contribution in [0.2, 0.25) is 0 Å². The van der Waals surface area contributed by atoms with Crippen LogP contribution < -0.4 is 5.32 Å². The highest BCUT2D eigenvalue weighted by atomic mass is 16.6. The molecule has 2 aliphatic heterocycles. The van der Waals surface area contributed by atoms with Crippen LogP contribution in [0.3, 0.4) is 0 Å². The van der Waals surface area contributed by atoms with Crippen LogP contribution in [0.1, 0.15) is 52.9 Å². The molecule has 0 aromatic carbocycles. The van der Waals surface area contributed by atoms with E-state index in [1.54, 1.807) is 0 Å². The minimum atomic E-state index is -0.409. The maximum absolute atomic E-state index is 12.2. The van der Waals surface area contributed by atoms with Crippen LogP contribution >= 0.6 is 0 Å². The van der Waals surface area contributed by atoms with Crippen molar-refractivity contribution in [1.82, 2.24) is 10.2 Å². The Morgan fingerprint density at radius 3 is 2.79 bits per heavy atom. The van der Waals surface area contributed by atoms with Crippen molar-refractivity contribution in [2.75, 3.05) is 26.2 Å². The molecule has 2 saturated carbocycles. The highest BCUT2D eigenvalue weighted by Crippen LogP contribution is 2.62. The van der Waals surface area contributed by atoms with Crippen molar-refractivity contribution < 1.29 is 14.3 Å². The summed E-state index contributed by atoms with van der Waals surface area (Å²) in [6.45, 7) is 9.40. The molecule has 4 aliphatic rings. The van der Waals surface area contributed by atoms with E-state index in [1.165, 1.54) is 25.7 Å². The van der Waals surface area contributed by atoms with Gasteiger partial charge in [-0.15, -0.1) is 0 Å². The number of nitrogens with zero attached hydrogens (tertiary/aromatic N) is 1. The summed E-state index contributed by atoms with van der Waals surface area (Å²) in [5.41, 5.74) is 0.0397. The van der Waals surface area contributed by atoms with Crippen molar-refractivity contribution in [1.29, 1.82) is 0 Å². The maximum atomic E-state index is 12.2. The molecule has 24 heavy (non-hydrogen) atoms. The minimum Gasteiger partial charge on any atom is -0.444 e. The van der Waals surface area contributed by atoms with Crippen molar-refractivity contribution in [3.63, 3.8) is 0 Å². The number of amides is 1. The number of carbonyl (C=O) groups is 1. The van der Waals surface area contributed by atoms with Crippen LogP contribution in [0.5, 0.6) is 0 Å². The Bertz CT molecular complexity index is 497. The number of hydrogen-bond acceptors (Lipinski definition) is 4. The lowest BCUT2D eigenvalue weighted by molar-refractivity contribution is -0.176. The van der Waals surface area contributed by atoms with E-state index in [0.29, 0.717) is 23.5 Å². The van der Waals surface area contributed by atoms with Crippen molar-refractivity contribution in [2.24, 2.45) is 17.3 Å². The van der Waals surface area contributed by atoms with Gasteiger partial charge in [0.2, 0.25) is 0 Å². The molecule has 0 unspecified atom stereocenters. The molecule has 1 amide bonds. The third-order valence-corrected chi connectivity index (χ3v) is 6.60. The van der Waals surface area contributed by atoms with Gasteiger partial charge in [0.25, 0.3) is 0 Å². The Balaban J connectivity index is 1.26. The molecule has 4 fully saturated rings. The lowest BCUT2D eigenvalue weighted by Crippen LogP contribution is -2.71. The fourth-order valence-corrected chi connectivity index (χ4v) is 5.34. The van der Waals surface area contributed by atoms with Crippen molar-refractivity contribution >= 4 is 6.09 Å². The van der Waals surface area contributed by atoms with Gasteiger partial charge in [-0.2, -0.15) is 0 Å². The lowest BCUT2D eigenvalue weighted by atomic mass is 9.46. The normalized spacial score (nSPS) is 37.0. The number of carbonyl (C=O) groups excluding carboxylic acids is 1. The zero-order valence-electron chi connectivity index (χ0n) is 15.3. The molecule has 0 radical (unpaired) electrons. The van der Waals surface area contributed by atoms with Crippen LogP contribution in [-0.2, 0) is 9.47 Å². The summed E-state index contributed by atoms with van der Waals surface area (Å²) in [7, 11) is 0. The smallest absolute Gasteiger partial charge is 0.410 e. The molecular formula is C19H32N2O3. The molecule has 0 aromatic rings. The van der Waals surface area contributed by atoms with Gasteiger partial charge in [0.15, 0.2) is 0 Å². The first kappa shape index (κ1) is 16.6. The van der Waals surface area contributed by atoms with Gasteiger partial charge in [0, 0.05) is 43.6 Å². The zero-order chi connectivity index (χ0) is 16.9. The standard InChI is InChI=1S/C19H32N2O3/c1-18(2,3)24-17(22)21-9-5-13(12-21)11-20-15-14-6-10-23-16(14)19(15)7-4-8-19/h13-16,20H,4-12H2,1-3H3/t13-,14+,15+,16+/m1/s1. The van der Waals surface area contributed by atoms with E-state index in [4.69, 9.17) is 9.47 Å². The SMILES string of the molecule is CC(C)(C)OC(=O)N1CC[C@H](CN[C@H]2[C@@H]3CCO[C@@H]3C23CCC3)C1. The number of nitrogens with one attached hydrogen (secondary N) is 1. The maximum Gasteiger partial charge on any atom is 0.410 e. The fourth-order valence-electron chi connectivity index (χ4n) is 5.34. The fraction of sp³-hybridized carbons (Fsp3) is 0.947. The van der Waals surface area contributed by atoms with Gasteiger partial charge in [-0.3, -0.25) is 0 Å². The molecule has 2 aliphatic carbocycles. The molecule has 0 aromatic heterocycles. The van der Waals surface area contributed by atoms with Gasteiger partial charge >= 0.3 is 6.09 Å². The largest absolute Gasteiger partial charge is 0.444 e. The summed E-state index contributed by atoms with van der Waals surface area (Å²) in [6, 6.07) is 0.648. The third kappa shape index (κ3) is 2.74. The van der Waals surface area contributed by atoms with E-state index < -0.39 is 5.60 Å². The summed E-state index contributed by atoms with van der Waals surface area (Å²) in [5, 5.41) is 3.87. The number of likely N-dealkylation sites (tertiary alicyclic amines) is 1. The second-order valence-corrected chi connectivity index (χ2v) is 9.30. The van der Waals surface area contributed by atoms with Gasteiger partial charge in [-0.25, -0.2) is 4.79 Å². The van der Waals surface area contributed by atoms with Gasteiger partial charge in [0.05, 0.1) is 6.10 Å². The first-order valence-corrected chi connectivity index (χ1v) is 9.72. The molecule has 4 atom stereocenters. The van der Waals surface area contributed by atoms with E-state index in [-0.39, 0.29) is 6.09 Å². The van der Waals surface area contributed by atoms with Gasteiger partial charge in [-0.05, 0) is 52.4 Å². The molecule has 5 nitrogen and oxygen atoms in total. The number of ether oxygens (including phenoxy) is 2. The summed E-state index contributed by atoms with van der Waals surface area (Å²) < 4.78 is 11.5. The van der Waals surface area contributed by atoms with E-state index in [2.05, 4.69) is 5.32 Å². The Morgan fingerprint density at radius 2 is 2.12 bits per heavy atom. The first-order chi connectivity index (χ1) is 11.4. The molecule has 5 heteroatoms. The van der Waals surface area contributed by atoms with Gasteiger partial charge in [0.1, 0.15) is 5.60 Å². The van der Waals surface area contributed by atoms with Gasteiger partial charge in [-0.1, -0.05) is 6.42 Å². The summed E-state index contributed by atoms with van der Waals surface area (Å²) in [5.74, 6) is 1.28. The summed E-state index contributed by atoms with van der Waals surface area (Å²) in [6.07, 6.45) is 6.70. The molecule has 2 heterocycles. The second kappa shape index (κ2) is 5.87. The Kier molecular flexibility index (Phi) is 4.07. The molecular weight excluding hydrogens is 304 g/mol. The monoisotopic (exact) mass is 336 g/mol. The number of fused-ring (bicyclic) bond motifs is 2. The summed E-state index contributed by atoms with van der Waals surface area (Å²) >= 11 is 0. The molecule has 0 bridgehead atoms. The van der Waals surface area contributed by atoms with Gasteiger partial charge < -0.3 is 19.7 Å². The van der Waals surface area contributed by atoms with Crippen LogP contribution in [0.25, 0.3) is 0 Å². The first-order valence-electron chi connectivity index (χ1n) is 9.72. The average Bonchev–Trinajstić information content (AvgIpc) is 3.04. The molecule has 1 N–H and O–H groups in total. The Morgan fingerprint density at radius 1 is 1.33 bits per heavy atom. The van der Waals surface area contributed by atoms with E-state index in [1.807, 2.05) is 25.7 Å². The van der Waals surface area contributed by atoms with E-state index in [0.717, 1.165) is 38.6 Å². The highest BCUT2D eigenvalue weighted by molar-refractivity contribution is 5.68. The van der Waals surface area contributed by atoms with Crippen LogP contribution in [-0.4, -0.2) is 55.0 Å². The predicted octanol–water partition coefficient (Wildman–Crippen LogP) is 2.79. The Labute approximate surface area is 145 Å². The topological polar surface area (TPSA) is 50.8 Å². The van der Waals surface area contributed by atoms with Crippen molar-refractivity contribution in [2.45, 2.75) is 70.6 Å². The van der Waals surface area contributed by atoms with E-state index in [9.17, 15) is 4.79 Å². The minimum absolute atomic E-state index is 0.159. The number of hydrogen-bond donors (Lipinski definition) is 1. The Hall–Kier alpha value is -0.810. The van der Waals surface area contributed by atoms with Crippen molar-refractivity contribution in [3.05, 3.63) is 0 Å². The predicted molar refractivity (Wildman–Crippen MR) is 91.8 cm³/mol. The molecule has 1 spiro atoms. The van der Waals surface area contributed by atoms with Crippen molar-refractivity contribution in [3.8, 4) is 0 Å². The van der Waals surface area contributed by atoms with Crippen LogP contribution in [0, 0.1) is 17.3 Å². The average molecular weight is 336 g/mol. The van der Waals surface area contributed by atoms with E-state index >= 15 is 0 Å². The molecule has 2 saturated heterocycles.